The second-order valence-corrected chi connectivity index (χ2v) is 7.16. The van der Waals surface area contributed by atoms with Gasteiger partial charge in [-0.05, 0) is 43.5 Å². The van der Waals surface area contributed by atoms with E-state index in [2.05, 4.69) is 5.32 Å². The molecule has 2 rings (SSSR count). The van der Waals surface area contributed by atoms with E-state index in [-0.39, 0.29) is 19.0 Å². The van der Waals surface area contributed by atoms with Gasteiger partial charge in [0, 0.05) is 13.1 Å². The van der Waals surface area contributed by atoms with Gasteiger partial charge in [0.15, 0.2) is 0 Å². The Balaban J connectivity index is 1.77. The summed E-state index contributed by atoms with van der Waals surface area (Å²) in [5.74, 6) is -0.263. The van der Waals surface area contributed by atoms with Gasteiger partial charge in [-0.3, -0.25) is 14.5 Å². The Labute approximate surface area is 160 Å². The van der Waals surface area contributed by atoms with Crippen LogP contribution in [0.25, 0.3) is 0 Å². The number of carboxylic acids is 1. The number of likely N-dealkylation sites (tertiary alicyclic amines) is 1. The van der Waals surface area contributed by atoms with Crippen LogP contribution in [0, 0.1) is 5.41 Å². The number of amides is 1. The summed E-state index contributed by atoms with van der Waals surface area (Å²) >= 11 is 0. The zero-order valence-corrected chi connectivity index (χ0v) is 16.1. The van der Waals surface area contributed by atoms with Crippen LogP contribution in [0.1, 0.15) is 31.7 Å². The van der Waals surface area contributed by atoms with Crippen molar-refractivity contribution >= 4 is 11.9 Å². The zero-order chi connectivity index (χ0) is 19.9. The maximum absolute atomic E-state index is 12.2. The van der Waals surface area contributed by atoms with Crippen LogP contribution in [-0.2, 0) is 16.0 Å². The van der Waals surface area contributed by atoms with Crippen LogP contribution in [0.5, 0.6) is 5.75 Å². The SMILES string of the molecule is CCC[C@]1(C(=O)O)CCN(CC(=O)NCCc2ccc(OC)cc2)C[C@@H]1O. The van der Waals surface area contributed by atoms with Crippen LogP contribution in [0.3, 0.4) is 0 Å². The number of carbonyl (C=O) groups excluding carboxylic acids is 1. The summed E-state index contributed by atoms with van der Waals surface area (Å²) in [5.41, 5.74) is 0.0196. The smallest absolute Gasteiger partial charge is 0.312 e. The highest BCUT2D eigenvalue weighted by Crippen LogP contribution is 2.36. The van der Waals surface area contributed by atoms with Gasteiger partial charge < -0.3 is 20.3 Å². The summed E-state index contributed by atoms with van der Waals surface area (Å²) in [7, 11) is 1.62. The Morgan fingerprint density at radius 2 is 2.04 bits per heavy atom. The number of hydrogen-bond acceptors (Lipinski definition) is 5. The molecule has 1 aromatic carbocycles. The van der Waals surface area contributed by atoms with Crippen LogP contribution in [0.4, 0.5) is 0 Å². The van der Waals surface area contributed by atoms with Crippen LogP contribution in [0.15, 0.2) is 24.3 Å². The van der Waals surface area contributed by atoms with E-state index in [0.29, 0.717) is 32.4 Å². The number of piperidine rings is 1. The van der Waals surface area contributed by atoms with Gasteiger partial charge in [-0.1, -0.05) is 25.5 Å². The third-order valence-corrected chi connectivity index (χ3v) is 5.33. The number of nitrogens with one attached hydrogen (secondary N) is 1. The quantitative estimate of drug-likeness (QED) is 0.599. The summed E-state index contributed by atoms with van der Waals surface area (Å²) < 4.78 is 5.12. The van der Waals surface area contributed by atoms with Gasteiger partial charge >= 0.3 is 5.97 Å². The van der Waals surface area contributed by atoms with Gasteiger partial charge in [0.2, 0.25) is 5.91 Å². The lowest BCUT2D eigenvalue weighted by molar-refractivity contribution is -0.164. The number of aliphatic hydroxyl groups excluding tert-OH is 1. The van der Waals surface area contributed by atoms with Gasteiger partial charge in [-0.25, -0.2) is 0 Å². The minimum atomic E-state index is -1.09. The van der Waals surface area contributed by atoms with E-state index in [1.807, 2.05) is 36.1 Å². The largest absolute Gasteiger partial charge is 0.497 e. The Morgan fingerprint density at radius 3 is 2.59 bits per heavy atom. The van der Waals surface area contributed by atoms with Crippen molar-refractivity contribution in [1.82, 2.24) is 10.2 Å². The molecular formula is C20H30N2O5. The molecule has 1 aliphatic rings. The molecule has 7 nitrogen and oxygen atoms in total. The van der Waals surface area contributed by atoms with Crippen molar-refractivity contribution < 1.29 is 24.5 Å². The summed E-state index contributed by atoms with van der Waals surface area (Å²) in [5, 5.41) is 22.8. The molecule has 0 radical (unpaired) electrons. The molecule has 150 valence electrons. The lowest BCUT2D eigenvalue weighted by Gasteiger charge is -2.42. The first-order valence-electron chi connectivity index (χ1n) is 9.44. The van der Waals surface area contributed by atoms with Crippen LogP contribution in [-0.4, -0.2) is 66.4 Å². The molecule has 1 heterocycles. The fourth-order valence-corrected chi connectivity index (χ4v) is 3.67. The highest BCUT2D eigenvalue weighted by molar-refractivity contribution is 5.78. The molecule has 2 atom stereocenters. The van der Waals surface area contributed by atoms with E-state index in [1.54, 1.807) is 7.11 Å². The highest BCUT2D eigenvalue weighted by atomic mass is 16.5. The Bertz CT molecular complexity index is 634. The molecule has 1 aromatic rings. The third-order valence-electron chi connectivity index (χ3n) is 5.33. The fourth-order valence-electron chi connectivity index (χ4n) is 3.67. The first-order chi connectivity index (χ1) is 12.9. The van der Waals surface area contributed by atoms with Crippen LogP contribution < -0.4 is 10.1 Å². The number of hydrogen-bond donors (Lipinski definition) is 3. The molecule has 3 N–H and O–H groups in total. The summed E-state index contributed by atoms with van der Waals surface area (Å²) in [6.45, 7) is 3.31. The average molecular weight is 378 g/mol. The van der Waals surface area contributed by atoms with E-state index in [9.17, 15) is 19.8 Å². The predicted molar refractivity (Wildman–Crippen MR) is 102 cm³/mol. The standard InChI is InChI=1S/C20H30N2O5/c1-3-9-20(19(25)26)10-12-22(13-17(20)23)14-18(24)21-11-8-15-4-6-16(27-2)7-5-15/h4-7,17,23H,3,8-14H2,1-2H3,(H,21,24)(H,25,26)/t17-,20-/m0/s1. The van der Waals surface area contributed by atoms with Gasteiger partial charge in [-0.2, -0.15) is 0 Å². The van der Waals surface area contributed by atoms with Crippen LogP contribution in [0.2, 0.25) is 0 Å². The first-order valence-corrected chi connectivity index (χ1v) is 9.44. The molecule has 0 aliphatic carbocycles. The lowest BCUT2D eigenvalue weighted by Crippen LogP contribution is -2.56. The molecule has 0 unspecified atom stereocenters. The maximum atomic E-state index is 12.2. The van der Waals surface area contributed by atoms with Crippen LogP contribution >= 0.6 is 0 Å². The van der Waals surface area contributed by atoms with Crippen molar-refractivity contribution in [3.63, 3.8) is 0 Å². The minimum Gasteiger partial charge on any atom is -0.497 e. The van der Waals surface area contributed by atoms with Crippen molar-refractivity contribution in [3.05, 3.63) is 29.8 Å². The number of nitrogens with zero attached hydrogens (tertiary/aromatic N) is 1. The topological polar surface area (TPSA) is 99.1 Å². The van der Waals surface area contributed by atoms with E-state index in [1.165, 1.54) is 0 Å². The molecule has 27 heavy (non-hydrogen) atoms. The monoisotopic (exact) mass is 378 g/mol. The van der Waals surface area contributed by atoms with E-state index < -0.39 is 17.5 Å². The van der Waals surface area contributed by atoms with Crippen molar-refractivity contribution in [2.45, 2.75) is 38.7 Å². The van der Waals surface area contributed by atoms with E-state index in [4.69, 9.17) is 4.74 Å². The van der Waals surface area contributed by atoms with Gasteiger partial charge in [0.25, 0.3) is 0 Å². The number of benzene rings is 1. The number of ether oxygens (including phenoxy) is 1. The minimum absolute atomic E-state index is 0.117. The first kappa shape index (κ1) is 21.2. The normalized spacial score (nSPS) is 23.0. The van der Waals surface area contributed by atoms with Crippen molar-refractivity contribution in [1.29, 1.82) is 0 Å². The molecule has 0 saturated carbocycles. The molecule has 0 spiro atoms. The Morgan fingerprint density at radius 1 is 1.33 bits per heavy atom. The molecule has 1 saturated heterocycles. The second-order valence-electron chi connectivity index (χ2n) is 7.16. The number of methoxy groups -OCH3 is 1. The number of β-amino-alcohol motifs (C(OH)–C–C–N with tert-alkyl or cyclic N) is 1. The van der Waals surface area contributed by atoms with Gasteiger partial charge in [0.05, 0.1) is 25.2 Å². The third kappa shape index (κ3) is 5.43. The molecule has 1 aliphatic heterocycles. The number of carboxylic acid groups (broad SMARTS) is 1. The number of aliphatic hydroxyl groups is 1. The van der Waals surface area contributed by atoms with Crippen molar-refractivity contribution in [2.24, 2.45) is 5.41 Å². The second kappa shape index (κ2) is 9.71. The highest BCUT2D eigenvalue weighted by Gasteiger charge is 2.47. The zero-order valence-electron chi connectivity index (χ0n) is 16.1. The maximum Gasteiger partial charge on any atom is 0.312 e. The van der Waals surface area contributed by atoms with Crippen molar-refractivity contribution in [3.8, 4) is 5.75 Å². The summed E-state index contributed by atoms with van der Waals surface area (Å²) in [6, 6.07) is 7.70. The number of rotatable bonds is 9. The molecule has 0 aromatic heterocycles. The van der Waals surface area contributed by atoms with Gasteiger partial charge in [0.1, 0.15) is 5.75 Å². The fraction of sp³-hybridized carbons (Fsp3) is 0.600. The lowest BCUT2D eigenvalue weighted by atomic mass is 9.73. The Hall–Kier alpha value is -2.12. The Kier molecular flexibility index (Phi) is 7.62. The number of aliphatic carboxylic acids is 1. The van der Waals surface area contributed by atoms with Gasteiger partial charge in [-0.15, -0.1) is 0 Å². The molecule has 1 fully saturated rings. The van der Waals surface area contributed by atoms with E-state index >= 15 is 0 Å². The molecule has 0 bridgehead atoms. The van der Waals surface area contributed by atoms with E-state index in [0.717, 1.165) is 17.7 Å². The predicted octanol–water partition coefficient (Wildman–Crippen LogP) is 1.29. The summed E-state index contributed by atoms with van der Waals surface area (Å²) in [6.07, 6.45) is 1.27. The summed E-state index contributed by atoms with van der Waals surface area (Å²) in [4.78, 5) is 25.6. The molecule has 7 heteroatoms. The van der Waals surface area contributed by atoms with Crippen molar-refractivity contribution in [2.75, 3.05) is 33.3 Å². The molecule has 1 amide bonds. The number of carbonyl (C=O) groups is 2. The molecular weight excluding hydrogens is 348 g/mol. The average Bonchev–Trinajstić information content (AvgIpc) is 2.64.